The second kappa shape index (κ2) is 11.4. The van der Waals surface area contributed by atoms with E-state index in [1.807, 2.05) is 73.1 Å². The zero-order chi connectivity index (χ0) is 24.0. The predicted octanol–water partition coefficient (Wildman–Crippen LogP) is 6.54. The molecule has 0 atom stereocenters. The van der Waals surface area contributed by atoms with Crippen LogP contribution in [0.3, 0.4) is 0 Å². The molecule has 0 saturated carbocycles. The van der Waals surface area contributed by atoms with Crippen molar-refractivity contribution in [2.45, 2.75) is 13.0 Å². The van der Waals surface area contributed by atoms with Crippen LogP contribution in [-0.2, 0) is 33.1 Å². The molecule has 0 N–H and O–H groups in total. The maximum atomic E-state index is 8.89. The van der Waals surface area contributed by atoms with Crippen molar-refractivity contribution < 1.29 is 20.1 Å². The summed E-state index contributed by atoms with van der Waals surface area (Å²) in [5, 5.41) is 8.89. The van der Waals surface area contributed by atoms with Crippen molar-refractivity contribution in [3.8, 4) is 39.8 Å². The van der Waals surface area contributed by atoms with Crippen molar-refractivity contribution in [1.82, 2.24) is 14.5 Å². The van der Waals surface area contributed by atoms with Crippen molar-refractivity contribution in [2.24, 2.45) is 0 Å². The van der Waals surface area contributed by atoms with E-state index in [2.05, 4.69) is 37.6 Å². The van der Waals surface area contributed by atoms with Crippen molar-refractivity contribution >= 4 is 5.69 Å². The molecule has 0 aliphatic carbocycles. The largest absolute Gasteiger partial charge is 0.371 e. The molecule has 36 heavy (non-hydrogen) atoms. The molecule has 6 rings (SSSR count). The summed E-state index contributed by atoms with van der Waals surface area (Å²) in [5.41, 5.74) is 6.75. The number of nitrogens with zero attached hydrogens (tertiary/aromatic N) is 5. The van der Waals surface area contributed by atoms with Gasteiger partial charge in [-0.2, -0.15) is 4.85 Å². The second-order valence-corrected chi connectivity index (χ2v) is 7.93. The molecule has 0 amide bonds. The van der Waals surface area contributed by atoms with Crippen molar-refractivity contribution in [3.05, 3.63) is 126 Å². The number of rotatable bonds is 2. The van der Waals surface area contributed by atoms with Gasteiger partial charge >= 0.3 is 0 Å². The third kappa shape index (κ3) is 5.16. The first-order valence-corrected chi connectivity index (χ1v) is 11.1. The molecule has 0 unspecified atom stereocenters. The minimum absolute atomic E-state index is 0. The summed E-state index contributed by atoms with van der Waals surface area (Å²) >= 11 is 0. The molecule has 0 saturated heterocycles. The average Bonchev–Trinajstić information content (AvgIpc) is 3.43. The SMILES string of the molecule is [C-]#[N+]c1cc(C#N)c[c-]c1-c1ccc(-c2ccccc2)cn1.[Ir].[c-]1cccc2c1-c1nccn1CC2. The van der Waals surface area contributed by atoms with Gasteiger partial charge in [0.15, 0.2) is 0 Å². The number of aryl methyl sites for hydroxylation is 2. The van der Waals surface area contributed by atoms with Gasteiger partial charge in [0.05, 0.1) is 5.82 Å². The Hall–Kier alpha value is -4.35. The summed E-state index contributed by atoms with van der Waals surface area (Å²) in [6.45, 7) is 8.29. The van der Waals surface area contributed by atoms with E-state index in [1.54, 1.807) is 18.3 Å². The molecule has 1 aliphatic heterocycles. The van der Waals surface area contributed by atoms with Gasteiger partial charge in [0.25, 0.3) is 0 Å². The summed E-state index contributed by atoms with van der Waals surface area (Å²) in [5.74, 6) is 1.06. The molecular weight excluding hydrogens is 623 g/mol. The summed E-state index contributed by atoms with van der Waals surface area (Å²) in [6.07, 6.45) is 6.75. The Labute approximate surface area is 223 Å². The summed E-state index contributed by atoms with van der Waals surface area (Å²) in [6, 6.07) is 31.4. The summed E-state index contributed by atoms with van der Waals surface area (Å²) in [4.78, 5) is 12.2. The van der Waals surface area contributed by atoms with Crippen LogP contribution >= 0.6 is 0 Å². The number of nitriles is 1. The van der Waals surface area contributed by atoms with E-state index in [0.29, 0.717) is 22.5 Å². The van der Waals surface area contributed by atoms with E-state index in [4.69, 9.17) is 11.8 Å². The minimum atomic E-state index is 0. The molecule has 1 aliphatic rings. The van der Waals surface area contributed by atoms with Crippen LogP contribution in [0.1, 0.15) is 11.1 Å². The van der Waals surface area contributed by atoms with Crippen LogP contribution in [0.5, 0.6) is 0 Å². The normalized spacial score (nSPS) is 10.8. The zero-order valence-corrected chi connectivity index (χ0v) is 21.5. The van der Waals surface area contributed by atoms with Crippen LogP contribution in [-0.4, -0.2) is 14.5 Å². The van der Waals surface area contributed by atoms with Crippen LogP contribution in [0.4, 0.5) is 5.69 Å². The molecular formula is C30H19IrN5-2. The Morgan fingerprint density at radius 1 is 0.972 bits per heavy atom. The van der Waals surface area contributed by atoms with E-state index in [0.717, 1.165) is 29.9 Å². The Morgan fingerprint density at radius 2 is 1.83 bits per heavy atom. The average molecular weight is 642 g/mol. The van der Waals surface area contributed by atoms with Crippen LogP contribution < -0.4 is 0 Å². The molecule has 0 fully saturated rings. The van der Waals surface area contributed by atoms with E-state index in [1.165, 1.54) is 11.1 Å². The fraction of sp³-hybridized carbons (Fsp3) is 0.0667. The number of hydrogen-bond acceptors (Lipinski definition) is 3. The fourth-order valence-corrected chi connectivity index (χ4v) is 4.03. The molecule has 5 aromatic rings. The minimum Gasteiger partial charge on any atom is -0.371 e. The number of hydrogen-bond donors (Lipinski definition) is 0. The summed E-state index contributed by atoms with van der Waals surface area (Å²) < 4.78 is 2.18. The first-order chi connectivity index (χ1) is 17.3. The zero-order valence-electron chi connectivity index (χ0n) is 19.1. The second-order valence-electron chi connectivity index (χ2n) is 7.93. The van der Waals surface area contributed by atoms with Gasteiger partial charge in [-0.15, -0.1) is 47.5 Å². The van der Waals surface area contributed by atoms with Crippen molar-refractivity contribution in [1.29, 1.82) is 5.26 Å². The number of pyridine rings is 1. The van der Waals surface area contributed by atoms with Crippen LogP contribution in [0, 0.1) is 30.0 Å². The Balaban J connectivity index is 0.000000185. The van der Waals surface area contributed by atoms with Gasteiger partial charge in [-0.05, 0) is 40.4 Å². The third-order valence-electron chi connectivity index (χ3n) is 5.80. The van der Waals surface area contributed by atoms with Gasteiger partial charge in [-0.3, -0.25) is 4.98 Å². The number of fused-ring (bicyclic) bond motifs is 3. The molecule has 5 nitrogen and oxygen atoms in total. The quantitative estimate of drug-likeness (QED) is 0.206. The topological polar surface area (TPSA) is 58.9 Å². The van der Waals surface area contributed by atoms with Crippen molar-refractivity contribution in [2.75, 3.05) is 0 Å². The fourth-order valence-electron chi connectivity index (χ4n) is 4.03. The van der Waals surface area contributed by atoms with Gasteiger partial charge in [0.2, 0.25) is 5.69 Å². The monoisotopic (exact) mass is 642 g/mol. The predicted molar refractivity (Wildman–Crippen MR) is 135 cm³/mol. The number of imidazole rings is 1. The van der Waals surface area contributed by atoms with Crippen LogP contribution in [0.15, 0.2) is 91.4 Å². The molecule has 3 aromatic carbocycles. The molecule has 3 heterocycles. The Bertz CT molecular complexity index is 1560. The number of benzene rings is 3. The smallest absolute Gasteiger partial charge is 0.236 e. The van der Waals surface area contributed by atoms with Gasteiger partial charge < -0.3 is 9.55 Å². The molecule has 6 heteroatoms. The summed E-state index contributed by atoms with van der Waals surface area (Å²) in [7, 11) is 0. The standard InChI is InChI=1S/C19H10N3.C11H9N2.Ir/c1-21-19-11-14(12-20)7-9-17(19)18-10-8-16(13-22-18)15-5-3-2-4-6-15;1-2-4-10-9(3-1)5-7-13-8-6-12-11(10)13;/h2-8,10-11,13H;1-3,6,8H,5,7H2;/q2*-1;. The van der Waals surface area contributed by atoms with Crippen LogP contribution in [0.25, 0.3) is 38.6 Å². The first-order valence-electron chi connectivity index (χ1n) is 11.1. The molecule has 2 aromatic heterocycles. The molecule has 0 bridgehead atoms. The van der Waals surface area contributed by atoms with Crippen molar-refractivity contribution in [3.63, 3.8) is 0 Å². The van der Waals surface area contributed by atoms with Gasteiger partial charge in [0, 0.05) is 51.3 Å². The van der Waals surface area contributed by atoms with Gasteiger partial charge in [-0.25, -0.2) is 5.26 Å². The van der Waals surface area contributed by atoms with E-state index < -0.39 is 0 Å². The first kappa shape index (κ1) is 24.8. The maximum Gasteiger partial charge on any atom is 0.236 e. The number of aromatic nitrogens is 3. The van der Waals surface area contributed by atoms with Gasteiger partial charge in [-0.1, -0.05) is 42.5 Å². The third-order valence-corrected chi connectivity index (χ3v) is 5.80. The van der Waals surface area contributed by atoms with E-state index in [-0.39, 0.29) is 20.1 Å². The molecule has 0 spiro atoms. The molecule has 1 radical (unpaired) electrons. The van der Waals surface area contributed by atoms with Gasteiger partial charge in [0.1, 0.15) is 6.57 Å². The van der Waals surface area contributed by atoms with E-state index >= 15 is 0 Å². The maximum absolute atomic E-state index is 8.89. The Kier molecular flexibility index (Phi) is 7.83. The van der Waals surface area contributed by atoms with E-state index in [9.17, 15) is 0 Å². The van der Waals surface area contributed by atoms with Crippen LogP contribution in [0.2, 0.25) is 0 Å². The molecule has 175 valence electrons. The Morgan fingerprint density at radius 3 is 2.58 bits per heavy atom.